The highest BCUT2D eigenvalue weighted by Crippen LogP contribution is 2.35. The Hall–Kier alpha value is -3.17. The van der Waals surface area contributed by atoms with Gasteiger partial charge in [0, 0.05) is 43.2 Å². The average molecular weight is 408 g/mol. The first-order chi connectivity index (χ1) is 14.6. The van der Waals surface area contributed by atoms with Crippen LogP contribution < -0.4 is 5.32 Å². The van der Waals surface area contributed by atoms with E-state index in [1.807, 2.05) is 6.07 Å². The Morgan fingerprint density at radius 2 is 2.20 bits per heavy atom. The van der Waals surface area contributed by atoms with Crippen molar-refractivity contribution < 1.29 is 14.2 Å². The molecule has 30 heavy (non-hydrogen) atoms. The molecular weight excluding hydrogens is 387 g/mol. The van der Waals surface area contributed by atoms with Gasteiger partial charge < -0.3 is 19.7 Å². The summed E-state index contributed by atoms with van der Waals surface area (Å²) < 4.78 is 22.0. The molecule has 0 amide bonds. The predicted molar refractivity (Wildman–Crippen MR) is 108 cm³/mol. The number of phenols is 1. The fourth-order valence-corrected chi connectivity index (χ4v) is 4.23. The summed E-state index contributed by atoms with van der Waals surface area (Å²) in [6.07, 6.45) is 8.45. The van der Waals surface area contributed by atoms with Gasteiger partial charge in [-0.2, -0.15) is 0 Å². The van der Waals surface area contributed by atoms with Gasteiger partial charge in [0.05, 0.1) is 24.3 Å². The van der Waals surface area contributed by atoms with E-state index in [9.17, 15) is 9.50 Å². The number of aromatic hydroxyl groups is 1. The summed E-state index contributed by atoms with van der Waals surface area (Å²) in [6.45, 7) is 0. The number of nitrogens with zero attached hydrogens (tertiary/aromatic N) is 5. The number of hydrogen-bond acceptors (Lipinski definition) is 7. The van der Waals surface area contributed by atoms with Crippen LogP contribution in [0.1, 0.15) is 18.7 Å². The quantitative estimate of drug-likeness (QED) is 0.684. The molecule has 2 fully saturated rings. The molecule has 2 unspecified atom stereocenters. The molecule has 0 radical (unpaired) electrons. The number of benzene rings is 1. The molecule has 9 heteroatoms. The molecule has 2 N–H and O–H groups in total. The molecule has 2 saturated heterocycles. The van der Waals surface area contributed by atoms with Gasteiger partial charge in [0.15, 0.2) is 5.82 Å². The van der Waals surface area contributed by atoms with Crippen molar-refractivity contribution in [2.45, 2.75) is 37.2 Å². The number of fused-ring (bicyclic) bond motifs is 2. The molecule has 3 aromatic rings. The van der Waals surface area contributed by atoms with Crippen LogP contribution in [0, 0.1) is 0 Å². The number of phenolic OH excluding ortho intramolecular Hbond substituents is 1. The number of hydrogen-bond donors (Lipinski definition) is 2. The minimum absolute atomic E-state index is 0.0221. The summed E-state index contributed by atoms with van der Waals surface area (Å²) in [7, 11) is 1.66. The fraction of sp³-hybridized carbons (Fsp3) is 0.333. The third-order valence-corrected chi connectivity index (χ3v) is 5.78. The maximum absolute atomic E-state index is 14.8. The molecule has 1 aromatic carbocycles. The summed E-state index contributed by atoms with van der Waals surface area (Å²) in [6, 6.07) is 5.09. The summed E-state index contributed by atoms with van der Waals surface area (Å²) >= 11 is 0. The van der Waals surface area contributed by atoms with Crippen molar-refractivity contribution in [1.29, 1.82) is 0 Å². The normalized spacial score (nSPS) is 26.9. The first-order valence-electron chi connectivity index (χ1n) is 9.77. The highest BCUT2D eigenvalue weighted by molar-refractivity contribution is 5.68. The second-order valence-electron chi connectivity index (χ2n) is 7.59. The van der Waals surface area contributed by atoms with E-state index in [0.29, 0.717) is 35.5 Å². The van der Waals surface area contributed by atoms with E-state index < -0.39 is 6.17 Å². The van der Waals surface area contributed by atoms with Crippen LogP contribution in [-0.2, 0) is 4.74 Å². The molecule has 4 atom stereocenters. The third-order valence-electron chi connectivity index (χ3n) is 5.78. The zero-order chi connectivity index (χ0) is 20.7. The van der Waals surface area contributed by atoms with Crippen molar-refractivity contribution in [3.05, 3.63) is 54.5 Å². The van der Waals surface area contributed by atoms with E-state index in [-0.39, 0.29) is 23.9 Å². The average Bonchev–Trinajstić information content (AvgIpc) is 3.41. The number of alkyl halides is 1. The van der Waals surface area contributed by atoms with Crippen LogP contribution in [0.4, 0.5) is 4.39 Å². The highest BCUT2D eigenvalue weighted by atomic mass is 19.1. The Balaban J connectivity index is 1.37. The molecule has 2 aliphatic rings. The van der Waals surface area contributed by atoms with Crippen LogP contribution >= 0.6 is 0 Å². The van der Waals surface area contributed by atoms with Crippen molar-refractivity contribution in [3.63, 3.8) is 0 Å². The molecule has 2 aromatic heterocycles. The van der Waals surface area contributed by atoms with Crippen molar-refractivity contribution in [1.82, 2.24) is 30.0 Å². The Kier molecular flexibility index (Phi) is 4.76. The maximum Gasteiger partial charge on any atom is 0.174 e. The van der Waals surface area contributed by atoms with Crippen LogP contribution in [0.15, 0.2) is 48.7 Å². The summed E-state index contributed by atoms with van der Waals surface area (Å²) in [5, 5.41) is 22.0. The zero-order valence-electron chi connectivity index (χ0n) is 16.3. The Bertz CT molecular complexity index is 1070. The molecule has 0 aliphatic carbocycles. The van der Waals surface area contributed by atoms with Crippen molar-refractivity contribution in [2.75, 3.05) is 7.11 Å². The molecule has 2 bridgehead atoms. The smallest absolute Gasteiger partial charge is 0.174 e. The summed E-state index contributed by atoms with van der Waals surface area (Å²) in [4.78, 5) is 8.31. The Labute approximate surface area is 172 Å². The summed E-state index contributed by atoms with van der Waals surface area (Å²) in [5.41, 5.74) is 2.39. The van der Waals surface area contributed by atoms with Crippen molar-refractivity contribution in [3.8, 4) is 22.7 Å². The van der Waals surface area contributed by atoms with Crippen molar-refractivity contribution in [2.24, 2.45) is 0 Å². The number of halogens is 1. The number of piperidine rings is 1. The number of rotatable bonds is 4. The van der Waals surface area contributed by atoms with Gasteiger partial charge >= 0.3 is 0 Å². The van der Waals surface area contributed by atoms with Gasteiger partial charge in [-0.05, 0) is 36.6 Å². The zero-order valence-corrected chi connectivity index (χ0v) is 16.3. The third kappa shape index (κ3) is 3.35. The van der Waals surface area contributed by atoms with E-state index in [1.165, 1.54) is 6.20 Å². The molecule has 0 saturated carbocycles. The first kappa shape index (κ1) is 18.8. The molecular formula is C21H21FN6O2. The van der Waals surface area contributed by atoms with Gasteiger partial charge in [-0.3, -0.25) is 0 Å². The number of imidazole rings is 1. The largest absolute Gasteiger partial charge is 0.507 e. The lowest BCUT2D eigenvalue weighted by molar-refractivity contribution is 0.0927. The molecule has 4 heterocycles. The van der Waals surface area contributed by atoms with Crippen LogP contribution in [0.2, 0.25) is 0 Å². The van der Waals surface area contributed by atoms with E-state index in [1.54, 1.807) is 48.6 Å². The van der Waals surface area contributed by atoms with Gasteiger partial charge in [0.25, 0.3) is 0 Å². The van der Waals surface area contributed by atoms with E-state index in [4.69, 9.17) is 4.74 Å². The lowest BCUT2D eigenvalue weighted by Gasteiger charge is -2.27. The van der Waals surface area contributed by atoms with Crippen LogP contribution in [-0.4, -0.2) is 61.3 Å². The molecule has 154 valence electrons. The second-order valence-corrected chi connectivity index (χ2v) is 7.59. The minimum atomic E-state index is -1.09. The lowest BCUT2D eigenvalue weighted by atomic mass is 9.96. The van der Waals surface area contributed by atoms with Gasteiger partial charge in [-0.25, -0.2) is 14.4 Å². The van der Waals surface area contributed by atoms with Gasteiger partial charge in [0.1, 0.15) is 17.6 Å². The molecule has 0 spiro atoms. The van der Waals surface area contributed by atoms with Crippen molar-refractivity contribution >= 4 is 6.08 Å². The van der Waals surface area contributed by atoms with Crippen LogP contribution in [0.5, 0.6) is 5.75 Å². The van der Waals surface area contributed by atoms with Crippen LogP contribution in [0.3, 0.4) is 0 Å². The van der Waals surface area contributed by atoms with Gasteiger partial charge in [0.2, 0.25) is 0 Å². The fourth-order valence-electron chi connectivity index (χ4n) is 4.23. The maximum atomic E-state index is 14.8. The Morgan fingerprint density at radius 1 is 1.30 bits per heavy atom. The van der Waals surface area contributed by atoms with Gasteiger partial charge in [-0.1, -0.05) is 0 Å². The van der Waals surface area contributed by atoms with Gasteiger partial charge in [-0.15, -0.1) is 10.2 Å². The first-order valence-corrected chi connectivity index (χ1v) is 9.77. The molecule has 8 nitrogen and oxygen atoms in total. The number of aromatic nitrogens is 5. The number of methoxy groups -OCH3 is 1. The Morgan fingerprint density at radius 3 is 2.90 bits per heavy atom. The number of nitrogens with one attached hydrogen (secondary N) is 1. The predicted octanol–water partition coefficient (Wildman–Crippen LogP) is 2.30. The minimum Gasteiger partial charge on any atom is -0.507 e. The van der Waals surface area contributed by atoms with E-state index >= 15 is 0 Å². The number of ether oxygens (including phenoxy) is 1. The van der Waals surface area contributed by atoms with E-state index in [0.717, 1.165) is 5.69 Å². The van der Waals surface area contributed by atoms with E-state index in [2.05, 4.69) is 25.5 Å². The molecule has 2 aliphatic heterocycles. The monoisotopic (exact) mass is 408 g/mol. The molecule has 5 rings (SSSR count). The standard InChI is InChI=1S/C21H21FN6O2/c1-30-19-9-16-21(22)12(6-15(19)25-16)7-20-24-10-17(26-27-20)14-3-2-13(8-18(14)29)28-5-4-23-11-28/h2-5,7-8,10-11,15-16,19,21,25,29H,6,9H2,1H3/b12-7+/t15?,16?,19-,21+/m1/s1. The highest BCUT2D eigenvalue weighted by Gasteiger charge is 2.44. The SMILES string of the molecule is CO[C@@H]1CC2NC1C/C(=C\c1ncc(-c3ccc(-n4ccnc4)cc3O)nn1)[C@@H]2F. The lowest BCUT2D eigenvalue weighted by Crippen LogP contribution is -2.44. The second kappa shape index (κ2) is 7.58. The summed E-state index contributed by atoms with van der Waals surface area (Å²) in [5.74, 6) is 0.411. The van der Waals surface area contributed by atoms with Crippen LogP contribution in [0.25, 0.3) is 23.0 Å². The topological polar surface area (TPSA) is 98.0 Å².